The lowest BCUT2D eigenvalue weighted by Gasteiger charge is -2.07. The normalized spacial score (nSPS) is 12.9. The van der Waals surface area contributed by atoms with Crippen molar-refractivity contribution in [2.75, 3.05) is 11.9 Å². The van der Waals surface area contributed by atoms with E-state index in [1.54, 1.807) is 0 Å². The molecule has 0 radical (unpaired) electrons. The van der Waals surface area contributed by atoms with E-state index < -0.39 is 0 Å². The van der Waals surface area contributed by atoms with E-state index in [1.165, 1.54) is 11.1 Å². The van der Waals surface area contributed by atoms with Gasteiger partial charge in [-0.05, 0) is 47.2 Å². The van der Waals surface area contributed by atoms with Crippen molar-refractivity contribution in [1.82, 2.24) is 4.98 Å². The lowest BCUT2D eigenvalue weighted by atomic mass is 10.0. The third-order valence-electron chi connectivity index (χ3n) is 4.23. The number of aromatic nitrogens is 1. The SMILES string of the molecule is O=C(CCc1ccc2c(c1)CCO2)Nc1ccc2cc[nH]c2c1. The van der Waals surface area contributed by atoms with E-state index in [1.807, 2.05) is 42.6 Å². The van der Waals surface area contributed by atoms with Gasteiger partial charge in [-0.15, -0.1) is 0 Å². The first-order valence-electron chi connectivity index (χ1n) is 7.89. The zero-order chi connectivity index (χ0) is 15.6. The average Bonchev–Trinajstić information content (AvgIpc) is 3.20. The Kier molecular flexibility index (Phi) is 3.50. The van der Waals surface area contributed by atoms with E-state index in [2.05, 4.69) is 16.4 Å². The maximum atomic E-state index is 12.1. The van der Waals surface area contributed by atoms with Crippen LogP contribution in [0.2, 0.25) is 0 Å². The van der Waals surface area contributed by atoms with Crippen molar-refractivity contribution < 1.29 is 9.53 Å². The van der Waals surface area contributed by atoms with Crippen LogP contribution < -0.4 is 10.1 Å². The van der Waals surface area contributed by atoms with Gasteiger partial charge in [-0.3, -0.25) is 4.79 Å². The molecule has 0 spiro atoms. The van der Waals surface area contributed by atoms with Crippen LogP contribution >= 0.6 is 0 Å². The molecule has 4 rings (SSSR count). The number of hydrogen-bond donors (Lipinski definition) is 2. The number of amides is 1. The number of anilines is 1. The van der Waals surface area contributed by atoms with Gasteiger partial charge in [0.2, 0.25) is 5.91 Å². The molecule has 4 heteroatoms. The van der Waals surface area contributed by atoms with Gasteiger partial charge in [0.25, 0.3) is 0 Å². The summed E-state index contributed by atoms with van der Waals surface area (Å²) in [7, 11) is 0. The van der Waals surface area contributed by atoms with Crippen LogP contribution in [0.1, 0.15) is 17.5 Å². The molecule has 0 atom stereocenters. The summed E-state index contributed by atoms with van der Waals surface area (Å²) < 4.78 is 5.50. The largest absolute Gasteiger partial charge is 0.493 e. The van der Waals surface area contributed by atoms with E-state index in [0.717, 1.165) is 41.8 Å². The third-order valence-corrected chi connectivity index (χ3v) is 4.23. The monoisotopic (exact) mass is 306 g/mol. The van der Waals surface area contributed by atoms with Gasteiger partial charge < -0.3 is 15.0 Å². The molecule has 3 aromatic rings. The lowest BCUT2D eigenvalue weighted by Crippen LogP contribution is -2.12. The van der Waals surface area contributed by atoms with Crippen molar-refractivity contribution in [3.8, 4) is 5.75 Å². The highest BCUT2D eigenvalue weighted by Crippen LogP contribution is 2.26. The number of rotatable bonds is 4. The topological polar surface area (TPSA) is 54.1 Å². The summed E-state index contributed by atoms with van der Waals surface area (Å²) in [6, 6.07) is 14.1. The Morgan fingerprint density at radius 2 is 2.13 bits per heavy atom. The van der Waals surface area contributed by atoms with Crippen molar-refractivity contribution in [2.45, 2.75) is 19.3 Å². The molecule has 0 aliphatic carbocycles. The molecule has 0 saturated heterocycles. The van der Waals surface area contributed by atoms with E-state index >= 15 is 0 Å². The van der Waals surface area contributed by atoms with Crippen molar-refractivity contribution >= 4 is 22.5 Å². The highest BCUT2D eigenvalue weighted by atomic mass is 16.5. The Bertz CT molecular complexity index is 867. The molecule has 2 aromatic carbocycles. The fourth-order valence-corrected chi connectivity index (χ4v) is 3.00. The minimum absolute atomic E-state index is 0.0349. The second-order valence-electron chi connectivity index (χ2n) is 5.87. The van der Waals surface area contributed by atoms with Gasteiger partial charge in [0.15, 0.2) is 0 Å². The highest BCUT2D eigenvalue weighted by Gasteiger charge is 2.12. The molecule has 116 valence electrons. The van der Waals surface area contributed by atoms with Crippen LogP contribution in [0.4, 0.5) is 5.69 Å². The van der Waals surface area contributed by atoms with Gasteiger partial charge in [0.1, 0.15) is 5.75 Å². The minimum Gasteiger partial charge on any atom is -0.493 e. The van der Waals surface area contributed by atoms with E-state index in [0.29, 0.717) is 6.42 Å². The second kappa shape index (κ2) is 5.80. The first kappa shape index (κ1) is 13.9. The number of benzene rings is 2. The summed E-state index contributed by atoms with van der Waals surface area (Å²) in [5.41, 5.74) is 4.29. The molecule has 0 unspecified atom stereocenters. The summed E-state index contributed by atoms with van der Waals surface area (Å²) in [6.45, 7) is 0.764. The Morgan fingerprint density at radius 1 is 1.17 bits per heavy atom. The van der Waals surface area contributed by atoms with Gasteiger partial charge in [-0.2, -0.15) is 0 Å². The molecule has 2 N–H and O–H groups in total. The van der Waals surface area contributed by atoms with E-state index in [9.17, 15) is 4.79 Å². The molecule has 0 fully saturated rings. The fraction of sp³-hybridized carbons (Fsp3) is 0.211. The smallest absolute Gasteiger partial charge is 0.224 e. The number of aryl methyl sites for hydroxylation is 1. The number of ether oxygens (including phenoxy) is 1. The van der Waals surface area contributed by atoms with Crippen LogP contribution in [0.5, 0.6) is 5.75 Å². The summed E-state index contributed by atoms with van der Waals surface area (Å²) in [5.74, 6) is 1.02. The van der Waals surface area contributed by atoms with Gasteiger partial charge in [-0.1, -0.05) is 18.2 Å². The van der Waals surface area contributed by atoms with Crippen molar-refractivity contribution in [3.05, 3.63) is 59.8 Å². The molecular weight excluding hydrogens is 288 g/mol. The first-order chi connectivity index (χ1) is 11.3. The highest BCUT2D eigenvalue weighted by molar-refractivity contribution is 5.93. The van der Waals surface area contributed by atoms with Crippen molar-refractivity contribution in [2.24, 2.45) is 0 Å². The van der Waals surface area contributed by atoms with Crippen molar-refractivity contribution in [1.29, 1.82) is 0 Å². The van der Waals surface area contributed by atoms with Gasteiger partial charge in [-0.25, -0.2) is 0 Å². The zero-order valence-corrected chi connectivity index (χ0v) is 12.8. The molecule has 1 aromatic heterocycles. The van der Waals surface area contributed by atoms with Crippen LogP contribution in [-0.4, -0.2) is 17.5 Å². The van der Waals surface area contributed by atoms with Crippen LogP contribution in [0, 0.1) is 0 Å². The lowest BCUT2D eigenvalue weighted by molar-refractivity contribution is -0.116. The summed E-state index contributed by atoms with van der Waals surface area (Å²) in [6.07, 6.45) is 4.08. The molecule has 4 nitrogen and oxygen atoms in total. The maximum absolute atomic E-state index is 12.1. The molecule has 1 amide bonds. The fourth-order valence-electron chi connectivity index (χ4n) is 3.00. The van der Waals surface area contributed by atoms with Crippen molar-refractivity contribution in [3.63, 3.8) is 0 Å². The first-order valence-corrected chi connectivity index (χ1v) is 7.89. The Morgan fingerprint density at radius 3 is 3.09 bits per heavy atom. The molecule has 0 saturated carbocycles. The van der Waals surface area contributed by atoms with Crippen LogP contribution in [-0.2, 0) is 17.6 Å². The van der Waals surface area contributed by atoms with Gasteiger partial charge in [0, 0.05) is 30.2 Å². The quantitative estimate of drug-likeness (QED) is 0.772. The predicted octanol–water partition coefficient (Wildman–Crippen LogP) is 3.67. The molecule has 0 bridgehead atoms. The molecule has 2 heterocycles. The summed E-state index contributed by atoms with van der Waals surface area (Å²) in [5, 5.41) is 4.10. The van der Waals surface area contributed by atoms with Gasteiger partial charge >= 0.3 is 0 Å². The number of carbonyl (C=O) groups is 1. The Hall–Kier alpha value is -2.75. The van der Waals surface area contributed by atoms with Crippen LogP contribution in [0.3, 0.4) is 0 Å². The van der Waals surface area contributed by atoms with Crippen LogP contribution in [0.25, 0.3) is 10.9 Å². The predicted molar refractivity (Wildman–Crippen MR) is 90.9 cm³/mol. The number of fused-ring (bicyclic) bond motifs is 2. The number of hydrogen-bond acceptors (Lipinski definition) is 2. The minimum atomic E-state index is 0.0349. The molecule has 1 aliphatic rings. The molecule has 1 aliphatic heterocycles. The Balaban J connectivity index is 1.38. The second-order valence-corrected chi connectivity index (χ2v) is 5.87. The number of H-pyrrole nitrogens is 1. The maximum Gasteiger partial charge on any atom is 0.224 e. The zero-order valence-electron chi connectivity index (χ0n) is 12.8. The Labute approximate surface area is 134 Å². The number of nitrogens with one attached hydrogen (secondary N) is 2. The summed E-state index contributed by atoms with van der Waals surface area (Å²) >= 11 is 0. The third kappa shape index (κ3) is 2.93. The van der Waals surface area contributed by atoms with E-state index in [-0.39, 0.29) is 5.91 Å². The molecule has 23 heavy (non-hydrogen) atoms. The molecular formula is C19H18N2O2. The van der Waals surface area contributed by atoms with Crippen LogP contribution in [0.15, 0.2) is 48.7 Å². The number of carbonyl (C=O) groups excluding carboxylic acids is 1. The van der Waals surface area contributed by atoms with E-state index in [4.69, 9.17) is 4.74 Å². The standard InChI is InChI=1S/C19H18N2O2/c22-19(21-16-4-3-14-7-9-20-17(14)12-16)6-2-13-1-5-18-15(11-13)8-10-23-18/h1,3-5,7,9,11-12,20H,2,6,8,10H2,(H,21,22). The average molecular weight is 306 g/mol. The summed E-state index contributed by atoms with van der Waals surface area (Å²) in [4.78, 5) is 15.3. The number of aromatic amines is 1. The van der Waals surface area contributed by atoms with Gasteiger partial charge in [0.05, 0.1) is 6.61 Å².